The van der Waals surface area contributed by atoms with Gasteiger partial charge in [-0.2, -0.15) is 0 Å². The minimum Gasteiger partial charge on any atom is -0.469 e. The van der Waals surface area contributed by atoms with E-state index in [1.54, 1.807) is 0 Å². The highest BCUT2D eigenvalue weighted by molar-refractivity contribution is 5.83. The predicted molar refractivity (Wildman–Crippen MR) is 76.9 cm³/mol. The topological polar surface area (TPSA) is 52.3 Å². The number of methoxy groups -OCH3 is 1. The Morgan fingerprint density at radius 1 is 1.21 bits per heavy atom. The van der Waals surface area contributed by atoms with Crippen LogP contribution in [0.1, 0.15) is 18.4 Å². The first kappa shape index (κ1) is 13.6. The molecule has 0 saturated carbocycles. The van der Waals surface area contributed by atoms with Crippen molar-refractivity contribution in [2.75, 3.05) is 7.11 Å². The third kappa shape index (κ3) is 3.80. The fourth-order valence-corrected chi connectivity index (χ4v) is 2.18. The van der Waals surface area contributed by atoms with E-state index < -0.39 is 0 Å². The summed E-state index contributed by atoms with van der Waals surface area (Å²) >= 11 is 0. The van der Waals surface area contributed by atoms with Crippen LogP contribution in [-0.4, -0.2) is 19.1 Å². The van der Waals surface area contributed by atoms with Crippen LogP contribution >= 0.6 is 0 Å². The van der Waals surface area contributed by atoms with E-state index in [4.69, 9.17) is 5.73 Å². The minimum atomic E-state index is -0.200. The van der Waals surface area contributed by atoms with Gasteiger partial charge in [-0.25, -0.2) is 0 Å². The Balaban J connectivity index is 1.98. The maximum atomic E-state index is 11.1. The second-order valence-electron chi connectivity index (χ2n) is 4.76. The van der Waals surface area contributed by atoms with Crippen LogP contribution in [0.25, 0.3) is 10.8 Å². The first-order valence-corrected chi connectivity index (χ1v) is 6.49. The van der Waals surface area contributed by atoms with Gasteiger partial charge in [0.2, 0.25) is 0 Å². The van der Waals surface area contributed by atoms with Crippen molar-refractivity contribution < 1.29 is 9.53 Å². The van der Waals surface area contributed by atoms with E-state index in [0.717, 1.165) is 6.42 Å². The third-order valence-corrected chi connectivity index (χ3v) is 3.26. The summed E-state index contributed by atoms with van der Waals surface area (Å²) < 4.78 is 4.61. The van der Waals surface area contributed by atoms with Crippen LogP contribution in [0.5, 0.6) is 0 Å². The summed E-state index contributed by atoms with van der Waals surface area (Å²) in [4.78, 5) is 11.1. The molecule has 19 heavy (non-hydrogen) atoms. The Kier molecular flexibility index (Phi) is 4.53. The molecule has 0 saturated heterocycles. The highest BCUT2D eigenvalue weighted by atomic mass is 16.5. The molecule has 2 aromatic carbocycles. The third-order valence-electron chi connectivity index (χ3n) is 3.26. The van der Waals surface area contributed by atoms with Gasteiger partial charge < -0.3 is 10.5 Å². The van der Waals surface area contributed by atoms with Crippen LogP contribution in [0.2, 0.25) is 0 Å². The molecule has 0 spiro atoms. The van der Waals surface area contributed by atoms with Gasteiger partial charge in [0.1, 0.15) is 0 Å². The molecule has 100 valence electrons. The first-order chi connectivity index (χ1) is 9.19. The summed E-state index contributed by atoms with van der Waals surface area (Å²) in [5.41, 5.74) is 7.25. The molecular weight excluding hydrogens is 238 g/mol. The van der Waals surface area contributed by atoms with E-state index in [1.165, 1.54) is 23.4 Å². The molecule has 0 radical (unpaired) electrons. The standard InChI is InChI=1S/C16H19NO2/c1-19-16(18)9-8-15(17)11-12-6-7-13-4-2-3-5-14(13)10-12/h2-7,10,15H,8-9,11,17H2,1H3. The normalized spacial score (nSPS) is 12.3. The van der Waals surface area contributed by atoms with Crippen LogP contribution in [0.15, 0.2) is 42.5 Å². The van der Waals surface area contributed by atoms with Crippen molar-refractivity contribution in [3.05, 3.63) is 48.0 Å². The van der Waals surface area contributed by atoms with Gasteiger partial charge in [-0.3, -0.25) is 4.79 Å². The Hall–Kier alpha value is -1.87. The first-order valence-electron chi connectivity index (χ1n) is 6.49. The number of hydrogen-bond acceptors (Lipinski definition) is 3. The molecule has 1 atom stereocenters. The lowest BCUT2D eigenvalue weighted by Crippen LogP contribution is -2.24. The second-order valence-corrected chi connectivity index (χ2v) is 4.76. The molecule has 3 heteroatoms. The molecule has 0 bridgehead atoms. The van der Waals surface area contributed by atoms with Crippen LogP contribution < -0.4 is 5.73 Å². The molecule has 0 aliphatic heterocycles. The Morgan fingerprint density at radius 3 is 2.68 bits per heavy atom. The fraction of sp³-hybridized carbons (Fsp3) is 0.312. The number of benzene rings is 2. The number of ether oxygens (including phenoxy) is 1. The van der Waals surface area contributed by atoms with Gasteiger partial charge in [0.15, 0.2) is 0 Å². The lowest BCUT2D eigenvalue weighted by atomic mass is 10.00. The number of carbonyl (C=O) groups excluding carboxylic acids is 1. The van der Waals surface area contributed by atoms with E-state index in [0.29, 0.717) is 12.8 Å². The maximum Gasteiger partial charge on any atom is 0.305 e. The lowest BCUT2D eigenvalue weighted by molar-refractivity contribution is -0.140. The molecule has 2 aromatic rings. The van der Waals surface area contributed by atoms with Crippen molar-refractivity contribution in [2.45, 2.75) is 25.3 Å². The molecule has 0 aromatic heterocycles. The zero-order chi connectivity index (χ0) is 13.7. The highest BCUT2D eigenvalue weighted by Crippen LogP contribution is 2.17. The number of carbonyl (C=O) groups is 1. The van der Waals surface area contributed by atoms with Crippen LogP contribution in [0.3, 0.4) is 0 Å². The molecule has 3 nitrogen and oxygen atoms in total. The average Bonchev–Trinajstić information content (AvgIpc) is 2.44. The van der Waals surface area contributed by atoms with Crippen LogP contribution in [0.4, 0.5) is 0 Å². The van der Waals surface area contributed by atoms with Crippen molar-refractivity contribution in [1.29, 1.82) is 0 Å². The lowest BCUT2D eigenvalue weighted by Gasteiger charge is -2.11. The van der Waals surface area contributed by atoms with Gasteiger partial charge in [0.05, 0.1) is 7.11 Å². The monoisotopic (exact) mass is 257 g/mol. The maximum absolute atomic E-state index is 11.1. The average molecular weight is 257 g/mol. The smallest absolute Gasteiger partial charge is 0.305 e. The van der Waals surface area contributed by atoms with E-state index in [2.05, 4.69) is 35.1 Å². The summed E-state index contributed by atoms with van der Waals surface area (Å²) in [6.07, 6.45) is 1.81. The van der Waals surface area contributed by atoms with Gasteiger partial charge in [-0.1, -0.05) is 42.5 Å². The van der Waals surface area contributed by atoms with Crippen molar-refractivity contribution in [3.8, 4) is 0 Å². The molecule has 0 fully saturated rings. The summed E-state index contributed by atoms with van der Waals surface area (Å²) in [7, 11) is 1.40. The van der Waals surface area contributed by atoms with E-state index in [1.807, 2.05) is 12.1 Å². The number of rotatable bonds is 5. The van der Waals surface area contributed by atoms with Crippen molar-refractivity contribution in [2.24, 2.45) is 5.73 Å². The summed E-state index contributed by atoms with van der Waals surface area (Å²) in [5.74, 6) is -0.200. The van der Waals surface area contributed by atoms with E-state index >= 15 is 0 Å². The van der Waals surface area contributed by atoms with Gasteiger partial charge >= 0.3 is 5.97 Å². The number of hydrogen-bond donors (Lipinski definition) is 1. The second kappa shape index (κ2) is 6.34. The SMILES string of the molecule is COC(=O)CCC(N)Cc1ccc2ccccc2c1. The summed E-state index contributed by atoms with van der Waals surface area (Å²) in [6.45, 7) is 0. The zero-order valence-electron chi connectivity index (χ0n) is 11.1. The molecule has 0 aliphatic carbocycles. The molecule has 0 aliphatic rings. The molecule has 0 amide bonds. The Morgan fingerprint density at radius 2 is 1.95 bits per heavy atom. The molecule has 0 heterocycles. The highest BCUT2D eigenvalue weighted by Gasteiger charge is 2.08. The van der Waals surface area contributed by atoms with Gasteiger partial charge in [-0.15, -0.1) is 0 Å². The van der Waals surface area contributed by atoms with Crippen molar-refractivity contribution in [1.82, 2.24) is 0 Å². The number of esters is 1. The van der Waals surface area contributed by atoms with Gasteiger partial charge in [-0.05, 0) is 29.2 Å². The van der Waals surface area contributed by atoms with Crippen molar-refractivity contribution >= 4 is 16.7 Å². The predicted octanol–water partition coefficient (Wildman–Crippen LogP) is 2.66. The van der Waals surface area contributed by atoms with E-state index in [-0.39, 0.29) is 12.0 Å². The van der Waals surface area contributed by atoms with Gasteiger partial charge in [0, 0.05) is 12.5 Å². The van der Waals surface area contributed by atoms with Crippen molar-refractivity contribution in [3.63, 3.8) is 0 Å². The number of fused-ring (bicyclic) bond motifs is 1. The Bertz CT molecular complexity index is 565. The molecular formula is C16H19NO2. The summed E-state index contributed by atoms with van der Waals surface area (Å²) in [5, 5.41) is 2.45. The fourth-order valence-electron chi connectivity index (χ4n) is 2.18. The van der Waals surface area contributed by atoms with Gasteiger partial charge in [0.25, 0.3) is 0 Å². The number of nitrogens with two attached hydrogens (primary N) is 1. The molecule has 1 unspecified atom stereocenters. The van der Waals surface area contributed by atoms with Crippen LogP contribution in [-0.2, 0) is 16.0 Å². The zero-order valence-corrected chi connectivity index (χ0v) is 11.1. The Labute approximate surface area is 113 Å². The largest absolute Gasteiger partial charge is 0.469 e. The minimum absolute atomic E-state index is 0.0136. The quantitative estimate of drug-likeness (QED) is 0.838. The van der Waals surface area contributed by atoms with E-state index in [9.17, 15) is 4.79 Å². The van der Waals surface area contributed by atoms with Crippen LogP contribution in [0, 0.1) is 0 Å². The molecule has 2 rings (SSSR count). The molecule has 2 N–H and O–H groups in total. The summed E-state index contributed by atoms with van der Waals surface area (Å²) in [6, 6.07) is 14.6.